The molecule has 2 saturated carbocycles. The van der Waals surface area contributed by atoms with Gasteiger partial charge in [0.25, 0.3) is 0 Å². The molecule has 59 heavy (non-hydrogen) atoms. The highest BCUT2D eigenvalue weighted by Gasteiger charge is 2.62. The van der Waals surface area contributed by atoms with E-state index in [0.29, 0.717) is 24.3 Å². The number of carbonyl (C=O) groups excluding carboxylic acids is 2. The van der Waals surface area contributed by atoms with Crippen molar-refractivity contribution in [2.24, 2.45) is 34.5 Å². The molecule has 4 rings (SSSR count). The quantitative estimate of drug-likeness (QED) is 0.130. The van der Waals surface area contributed by atoms with Crippen molar-refractivity contribution in [3.8, 4) is 0 Å². The smallest absolute Gasteiger partial charge is 0.426 e. The van der Waals surface area contributed by atoms with E-state index in [0.717, 1.165) is 12.1 Å². The third-order valence-corrected chi connectivity index (χ3v) is 9.88. The number of rotatable bonds is 7. The first kappa shape index (κ1) is 55.8. The van der Waals surface area contributed by atoms with Crippen LogP contribution in [0.1, 0.15) is 58.8 Å². The molecule has 24 heteroatoms. The van der Waals surface area contributed by atoms with Crippen LogP contribution in [-0.4, -0.2) is 37.1 Å². The highest BCUT2D eigenvalue weighted by atomic mass is 35.5. The molecule has 333 valence electrons. The lowest BCUT2D eigenvalue weighted by atomic mass is 10.1. The summed E-state index contributed by atoms with van der Waals surface area (Å²) in [5, 5.41) is 5.24. The number of hydrogen-bond donors (Lipinski definition) is 1. The highest BCUT2D eigenvalue weighted by molar-refractivity contribution is 6.64. The fourth-order valence-corrected chi connectivity index (χ4v) is 6.24. The Morgan fingerprint density at radius 3 is 1.34 bits per heavy atom. The molecule has 0 saturated heterocycles. The maximum atomic E-state index is 13.9. The number of alkyl halides is 12. The molecule has 2 aliphatic rings. The van der Waals surface area contributed by atoms with Crippen molar-refractivity contribution in [2.75, 3.05) is 0 Å². The van der Waals surface area contributed by atoms with Crippen molar-refractivity contribution in [3.05, 3.63) is 92.0 Å². The highest BCUT2D eigenvalue weighted by Crippen LogP contribution is 2.61. The molecule has 2 aromatic carbocycles. The van der Waals surface area contributed by atoms with E-state index in [1.54, 1.807) is 13.8 Å². The van der Waals surface area contributed by atoms with Crippen LogP contribution in [0.5, 0.6) is 0 Å². The maximum Gasteiger partial charge on any atom is 0.426 e. The summed E-state index contributed by atoms with van der Waals surface area (Å²) in [6.07, 6.45) is -18.2. The van der Waals surface area contributed by atoms with Crippen LogP contribution in [0.3, 0.4) is 0 Å². The molecule has 2 aliphatic carbocycles. The molecule has 0 aromatic heterocycles. The summed E-state index contributed by atoms with van der Waals surface area (Å²) in [6, 6.07) is 2.30. The zero-order chi connectivity index (χ0) is 44.6. The van der Waals surface area contributed by atoms with Crippen molar-refractivity contribution in [2.45, 2.75) is 73.0 Å². The average Bonchev–Trinajstić information content (AvgIpc) is 3.79. The van der Waals surface area contributed by atoms with Crippen LogP contribution in [-0.2, 0) is 39.9 Å². The van der Waals surface area contributed by atoms with Crippen LogP contribution in [0.15, 0.2) is 46.5 Å². The van der Waals surface area contributed by atoms with Gasteiger partial charge in [-0.1, -0.05) is 76.5 Å². The van der Waals surface area contributed by atoms with Crippen LogP contribution in [0.4, 0.5) is 70.2 Å². The molecule has 2 fully saturated rings. The van der Waals surface area contributed by atoms with E-state index in [-0.39, 0.29) is 17.3 Å². The number of halogens is 19. The normalized spacial score (nSPS) is 21.0. The Labute approximate surface area is 344 Å². The summed E-state index contributed by atoms with van der Waals surface area (Å²) < 4.78 is 206. The van der Waals surface area contributed by atoms with Gasteiger partial charge in [-0.3, -0.25) is 9.59 Å². The molecule has 0 heterocycles. The Hall–Kier alpha value is -3.17. The fraction of sp³-hybridized carbons (Fsp3) is 0.486. The zero-order valence-corrected chi connectivity index (χ0v) is 31.9. The molecule has 2 aromatic rings. The van der Waals surface area contributed by atoms with Crippen LogP contribution in [0.25, 0.3) is 0 Å². The van der Waals surface area contributed by atoms with Gasteiger partial charge in [-0.05, 0) is 52.5 Å². The lowest BCUT2D eigenvalue weighted by Crippen LogP contribution is -2.15. The molecule has 4 unspecified atom stereocenters. The molecule has 0 aliphatic heterocycles. The Morgan fingerprint density at radius 2 is 1.02 bits per heavy atom. The Balaban J connectivity index is 0. The van der Waals surface area contributed by atoms with Gasteiger partial charge in [-0.2, -0.15) is 52.7 Å². The first-order chi connectivity index (χ1) is 25.5. The zero-order valence-electron chi connectivity index (χ0n) is 29.6. The van der Waals surface area contributed by atoms with E-state index >= 15 is 0 Å². The van der Waals surface area contributed by atoms with Gasteiger partial charge >= 0.3 is 30.7 Å². The minimum atomic E-state index is -5.29. The van der Waals surface area contributed by atoms with Gasteiger partial charge in [-0.25, -0.2) is 17.6 Å². The minimum Gasteiger partial charge on any atom is -0.460 e. The molecular formula is C35H33BCl3F16O4. The average molecular weight is 940 g/mol. The van der Waals surface area contributed by atoms with Gasteiger partial charge in [0, 0.05) is 26.9 Å². The van der Waals surface area contributed by atoms with E-state index in [1.807, 2.05) is 0 Å². The first-order valence-electron chi connectivity index (χ1n) is 15.5. The number of allylic oxidation sites excluding steroid dienone is 4. The van der Waals surface area contributed by atoms with Crippen LogP contribution in [0.2, 0.25) is 0 Å². The SMILES string of the molecule is C.CC1(C)C(/C=C(/Cl)C(F)(F)F)C1C(=O)Cl.CC1(C)C(/C=C(/Cl)C(F)(F)F)C1C(=O)OCc1ccc(F)c(C(F)(F)F)c1F.OCc1ccc(F)c(C(F)(F)F)c1F.[2HH].[B]. The van der Waals surface area contributed by atoms with E-state index in [9.17, 15) is 79.8 Å². The number of aliphatic hydroxyl groups excluding tert-OH is 1. The van der Waals surface area contributed by atoms with Crippen molar-refractivity contribution in [3.63, 3.8) is 0 Å². The number of hydrogen-bond acceptors (Lipinski definition) is 4. The van der Waals surface area contributed by atoms with Crippen LogP contribution >= 0.6 is 34.8 Å². The number of benzene rings is 2. The molecule has 1 N–H and O–H groups in total. The topological polar surface area (TPSA) is 63.6 Å². The second kappa shape index (κ2) is 19.7. The summed E-state index contributed by atoms with van der Waals surface area (Å²) in [7, 11) is 0. The van der Waals surface area contributed by atoms with E-state index in [4.69, 9.17) is 44.6 Å². The van der Waals surface area contributed by atoms with Crippen molar-refractivity contribution in [1.82, 2.24) is 0 Å². The van der Waals surface area contributed by atoms with Crippen molar-refractivity contribution in [1.29, 1.82) is 0 Å². The van der Waals surface area contributed by atoms with Gasteiger partial charge < -0.3 is 9.84 Å². The minimum absolute atomic E-state index is 0. The second-order valence-electron chi connectivity index (χ2n) is 13.5. The van der Waals surface area contributed by atoms with Crippen LogP contribution in [0, 0.1) is 57.8 Å². The van der Waals surface area contributed by atoms with Crippen LogP contribution < -0.4 is 0 Å². The molecule has 0 amide bonds. The number of aliphatic hydroxyl groups is 1. The largest absolute Gasteiger partial charge is 0.460 e. The lowest BCUT2D eigenvalue weighted by molar-refractivity contribution is -0.148. The van der Waals surface area contributed by atoms with Gasteiger partial charge in [0.05, 0.1) is 12.5 Å². The summed E-state index contributed by atoms with van der Waals surface area (Å²) in [6.45, 7) is 4.46. The lowest BCUT2D eigenvalue weighted by Gasteiger charge is -2.13. The maximum absolute atomic E-state index is 13.9. The number of carbonyl (C=O) groups is 2. The molecule has 4 nitrogen and oxygen atoms in total. The first-order valence-corrected chi connectivity index (χ1v) is 16.6. The predicted octanol–water partition coefficient (Wildman–Crippen LogP) is 12.7. The summed E-state index contributed by atoms with van der Waals surface area (Å²) in [4.78, 5) is 23.0. The monoisotopic (exact) mass is 938 g/mol. The fourth-order valence-electron chi connectivity index (χ4n) is 5.55. The van der Waals surface area contributed by atoms with E-state index in [1.165, 1.54) is 13.8 Å². The van der Waals surface area contributed by atoms with Crippen molar-refractivity contribution < 1.29 is 91.1 Å². The van der Waals surface area contributed by atoms with Crippen molar-refractivity contribution >= 4 is 54.4 Å². The van der Waals surface area contributed by atoms with Gasteiger partial charge in [0.1, 0.15) is 51.1 Å². The van der Waals surface area contributed by atoms with Gasteiger partial charge in [0.15, 0.2) is 0 Å². The second-order valence-corrected chi connectivity index (χ2v) is 14.7. The summed E-state index contributed by atoms with van der Waals surface area (Å²) in [5.74, 6) is -11.3. The molecule has 3 radical (unpaired) electrons. The van der Waals surface area contributed by atoms with E-state index < -0.39 is 139 Å². The third kappa shape index (κ3) is 13.7. The Kier molecular flexibility index (Phi) is 18.6. The van der Waals surface area contributed by atoms with Gasteiger partial charge in [-0.15, -0.1) is 0 Å². The Bertz CT molecular complexity index is 1900. The van der Waals surface area contributed by atoms with Gasteiger partial charge in [0.2, 0.25) is 5.24 Å². The molecule has 4 atom stereocenters. The molecular weight excluding hydrogens is 906 g/mol. The summed E-state index contributed by atoms with van der Waals surface area (Å²) in [5.41, 5.74) is -6.88. The number of esters is 1. The van der Waals surface area contributed by atoms with E-state index in [2.05, 4.69) is 0 Å². The summed E-state index contributed by atoms with van der Waals surface area (Å²) >= 11 is 15.5. The molecule has 0 bridgehead atoms. The predicted molar refractivity (Wildman–Crippen MR) is 185 cm³/mol. The number of ether oxygens (including phenoxy) is 1. The Morgan fingerprint density at radius 1 is 0.678 bits per heavy atom. The molecule has 0 spiro atoms. The third-order valence-electron chi connectivity index (χ3n) is 8.96. The standard InChI is InChI=1S/C17H13ClF8O2.C9H9Cl2F3O.C8H5F5O.CH4.B.H2/c1-15(2)8(5-10(18)16(21,22)23)11(15)14(27)28-6-7-3-4-9(19)12(13(7)20)17(24,25)26;1-8(2)4(6(8)7(11)15)3-5(10)9(12,13)14;9-5-2-1-4(3-14)7(10)6(5)8(11,12)13;;;/h3-5,8,11H,6H2,1-2H3;3-4,6H,1-2H3;1-2,14H,3H2;1H4;;1H/b10-5+;5-3+;;;;/i;;;;;1+1.